The fourth-order valence-corrected chi connectivity index (χ4v) is 2.45. The van der Waals surface area contributed by atoms with Gasteiger partial charge in [-0.3, -0.25) is 0 Å². The van der Waals surface area contributed by atoms with Crippen molar-refractivity contribution in [1.29, 1.82) is 0 Å². The number of aliphatic hydroxyl groups excluding tert-OH is 1. The fraction of sp³-hybridized carbons (Fsp3) is 0.625. The Balaban J connectivity index is 2.54. The van der Waals surface area contributed by atoms with Crippen LogP contribution in [0.15, 0.2) is 24.3 Å². The molecule has 1 aromatic rings. The molecule has 114 valence electrons. The maximum Gasteiger partial charge on any atom is 0.125 e. The van der Waals surface area contributed by atoms with Gasteiger partial charge in [0, 0.05) is 24.3 Å². The van der Waals surface area contributed by atoms with Crippen LogP contribution in [0.5, 0.6) is 0 Å². The maximum atomic E-state index is 13.3. The van der Waals surface area contributed by atoms with E-state index in [1.165, 1.54) is 6.07 Å². The number of nitrogens with zero attached hydrogens (tertiary/aromatic N) is 1. The van der Waals surface area contributed by atoms with Gasteiger partial charge in [0.15, 0.2) is 0 Å². The highest BCUT2D eigenvalue weighted by Gasteiger charge is 2.21. The molecule has 4 heteroatoms. The summed E-state index contributed by atoms with van der Waals surface area (Å²) < 4.78 is 13.3. The summed E-state index contributed by atoms with van der Waals surface area (Å²) in [6, 6.07) is 6.70. The lowest BCUT2D eigenvalue weighted by Gasteiger charge is -2.30. The summed E-state index contributed by atoms with van der Waals surface area (Å²) in [7, 11) is 0. The fourth-order valence-electron chi connectivity index (χ4n) is 2.45. The Hall–Kier alpha value is -1.13. The molecule has 20 heavy (non-hydrogen) atoms. The van der Waals surface area contributed by atoms with Crippen LogP contribution in [0.25, 0.3) is 0 Å². The third kappa shape index (κ3) is 5.10. The van der Waals surface area contributed by atoms with Crippen molar-refractivity contribution in [1.82, 2.24) is 5.32 Å². The van der Waals surface area contributed by atoms with Gasteiger partial charge in [-0.2, -0.15) is 0 Å². The van der Waals surface area contributed by atoms with Gasteiger partial charge in [0.25, 0.3) is 0 Å². The highest BCUT2D eigenvalue weighted by molar-refractivity contribution is 5.46. The van der Waals surface area contributed by atoms with Crippen molar-refractivity contribution >= 4 is 5.69 Å². The minimum Gasteiger partial charge on any atom is -0.394 e. The van der Waals surface area contributed by atoms with Crippen molar-refractivity contribution in [3.63, 3.8) is 0 Å². The standard InChI is InChI=1S/C16H27FN2O/c1-4-18-16(3,13-20)10-7-11-19(5-2)15-9-6-8-14(17)12-15/h6,8-9,12,18,20H,4-5,7,10-11,13H2,1-3H3. The van der Waals surface area contributed by atoms with Crippen LogP contribution in [0.3, 0.4) is 0 Å². The Morgan fingerprint density at radius 1 is 1.35 bits per heavy atom. The van der Waals surface area contributed by atoms with Gasteiger partial charge >= 0.3 is 0 Å². The van der Waals surface area contributed by atoms with E-state index in [4.69, 9.17) is 0 Å². The molecular formula is C16H27FN2O. The summed E-state index contributed by atoms with van der Waals surface area (Å²) >= 11 is 0. The zero-order valence-corrected chi connectivity index (χ0v) is 12.8. The topological polar surface area (TPSA) is 35.5 Å². The van der Waals surface area contributed by atoms with Gasteiger partial charge in [0.1, 0.15) is 5.82 Å². The lowest BCUT2D eigenvalue weighted by Crippen LogP contribution is -2.46. The first-order chi connectivity index (χ1) is 9.54. The quantitative estimate of drug-likeness (QED) is 0.731. The molecule has 1 atom stereocenters. The maximum absolute atomic E-state index is 13.3. The van der Waals surface area contributed by atoms with E-state index < -0.39 is 0 Å². The average Bonchev–Trinajstić information content (AvgIpc) is 2.44. The Morgan fingerprint density at radius 3 is 2.65 bits per heavy atom. The molecule has 0 aromatic heterocycles. The van der Waals surface area contributed by atoms with Crippen LogP contribution in [0.4, 0.5) is 10.1 Å². The predicted octanol–water partition coefficient (Wildman–Crippen LogP) is 2.79. The number of nitrogens with one attached hydrogen (secondary N) is 1. The second kappa shape index (κ2) is 8.22. The number of hydrogen-bond donors (Lipinski definition) is 2. The highest BCUT2D eigenvalue weighted by Crippen LogP contribution is 2.18. The molecule has 2 N–H and O–H groups in total. The lowest BCUT2D eigenvalue weighted by atomic mass is 9.96. The Bertz CT molecular complexity index is 400. The van der Waals surface area contributed by atoms with Crippen molar-refractivity contribution in [3.05, 3.63) is 30.1 Å². The van der Waals surface area contributed by atoms with Crippen LogP contribution in [0, 0.1) is 5.82 Å². The summed E-state index contributed by atoms with van der Waals surface area (Å²) in [5.74, 6) is -0.200. The van der Waals surface area contributed by atoms with Crippen molar-refractivity contribution in [2.75, 3.05) is 31.1 Å². The molecule has 0 radical (unpaired) electrons. The molecule has 1 aromatic carbocycles. The largest absolute Gasteiger partial charge is 0.394 e. The summed E-state index contributed by atoms with van der Waals surface area (Å²) in [5, 5.41) is 12.8. The molecule has 0 saturated heterocycles. The SMILES string of the molecule is CCNC(C)(CO)CCCN(CC)c1cccc(F)c1. The van der Waals surface area contributed by atoms with Gasteiger partial charge in [-0.1, -0.05) is 13.0 Å². The number of benzene rings is 1. The smallest absolute Gasteiger partial charge is 0.125 e. The van der Waals surface area contributed by atoms with Crippen molar-refractivity contribution in [2.45, 2.75) is 39.2 Å². The van der Waals surface area contributed by atoms with Gasteiger partial charge in [0.2, 0.25) is 0 Å². The van der Waals surface area contributed by atoms with E-state index in [2.05, 4.69) is 17.1 Å². The summed E-state index contributed by atoms with van der Waals surface area (Å²) in [4.78, 5) is 2.16. The molecule has 0 amide bonds. The third-order valence-electron chi connectivity index (χ3n) is 3.66. The van der Waals surface area contributed by atoms with Gasteiger partial charge in [-0.25, -0.2) is 4.39 Å². The summed E-state index contributed by atoms with van der Waals surface area (Å²) in [6.07, 6.45) is 1.84. The number of likely N-dealkylation sites (N-methyl/N-ethyl adjacent to an activating group) is 1. The number of halogens is 1. The van der Waals surface area contributed by atoms with Crippen molar-refractivity contribution in [2.24, 2.45) is 0 Å². The first kappa shape index (κ1) is 16.9. The van der Waals surface area contributed by atoms with Crippen LogP contribution in [-0.4, -0.2) is 36.9 Å². The molecule has 3 nitrogen and oxygen atoms in total. The average molecular weight is 282 g/mol. The second-order valence-corrected chi connectivity index (χ2v) is 5.41. The zero-order chi connectivity index (χ0) is 15.0. The molecule has 0 heterocycles. The Labute approximate surface area is 121 Å². The molecule has 0 aliphatic heterocycles. The van der Waals surface area contributed by atoms with Crippen LogP contribution in [-0.2, 0) is 0 Å². The van der Waals surface area contributed by atoms with Gasteiger partial charge in [-0.05, 0) is 51.4 Å². The predicted molar refractivity (Wildman–Crippen MR) is 82.7 cm³/mol. The zero-order valence-electron chi connectivity index (χ0n) is 12.8. The number of aliphatic hydroxyl groups is 1. The molecule has 0 saturated carbocycles. The van der Waals surface area contributed by atoms with Crippen molar-refractivity contribution < 1.29 is 9.50 Å². The van der Waals surface area contributed by atoms with Crippen LogP contribution in [0.1, 0.15) is 33.6 Å². The Kier molecular flexibility index (Phi) is 6.96. The lowest BCUT2D eigenvalue weighted by molar-refractivity contribution is 0.166. The van der Waals surface area contributed by atoms with Crippen LogP contribution < -0.4 is 10.2 Å². The number of rotatable bonds is 9. The van der Waals surface area contributed by atoms with E-state index in [0.717, 1.165) is 38.2 Å². The minimum absolute atomic E-state index is 0.132. The second-order valence-electron chi connectivity index (χ2n) is 5.41. The normalized spacial score (nSPS) is 14.1. The third-order valence-corrected chi connectivity index (χ3v) is 3.66. The van der Waals surface area contributed by atoms with Crippen LogP contribution >= 0.6 is 0 Å². The molecule has 0 aliphatic carbocycles. The summed E-state index contributed by atoms with van der Waals surface area (Å²) in [5.41, 5.74) is 0.692. The minimum atomic E-state index is -0.226. The molecule has 0 fully saturated rings. The van der Waals surface area contributed by atoms with E-state index in [9.17, 15) is 9.50 Å². The molecule has 1 rings (SSSR count). The molecule has 0 aliphatic rings. The van der Waals surface area contributed by atoms with E-state index in [1.807, 2.05) is 19.9 Å². The van der Waals surface area contributed by atoms with E-state index in [-0.39, 0.29) is 18.0 Å². The monoisotopic (exact) mass is 282 g/mol. The van der Waals surface area contributed by atoms with Crippen molar-refractivity contribution in [3.8, 4) is 0 Å². The Morgan fingerprint density at radius 2 is 2.10 bits per heavy atom. The summed E-state index contributed by atoms with van der Waals surface area (Å²) in [6.45, 7) is 8.83. The number of hydrogen-bond acceptors (Lipinski definition) is 3. The van der Waals surface area contributed by atoms with E-state index in [1.54, 1.807) is 12.1 Å². The first-order valence-corrected chi connectivity index (χ1v) is 7.41. The molecule has 1 unspecified atom stereocenters. The first-order valence-electron chi connectivity index (χ1n) is 7.41. The molecular weight excluding hydrogens is 255 g/mol. The van der Waals surface area contributed by atoms with Gasteiger partial charge in [0.05, 0.1) is 6.61 Å². The highest BCUT2D eigenvalue weighted by atomic mass is 19.1. The number of anilines is 1. The van der Waals surface area contributed by atoms with E-state index in [0.29, 0.717) is 0 Å². The molecule has 0 bridgehead atoms. The van der Waals surface area contributed by atoms with E-state index >= 15 is 0 Å². The van der Waals surface area contributed by atoms with Gasteiger partial charge in [-0.15, -0.1) is 0 Å². The van der Waals surface area contributed by atoms with Gasteiger partial charge < -0.3 is 15.3 Å². The van der Waals surface area contributed by atoms with Crippen LogP contribution in [0.2, 0.25) is 0 Å². The molecule has 0 spiro atoms.